The van der Waals surface area contributed by atoms with Crippen molar-refractivity contribution in [3.05, 3.63) is 59.7 Å². The minimum absolute atomic E-state index is 0.0612. The van der Waals surface area contributed by atoms with E-state index < -0.39 is 23.4 Å². The predicted molar refractivity (Wildman–Crippen MR) is 135 cm³/mol. The van der Waals surface area contributed by atoms with Crippen LogP contribution in [0, 0.1) is 0 Å². The molecule has 1 saturated heterocycles. The fourth-order valence-corrected chi connectivity index (χ4v) is 6.00. The van der Waals surface area contributed by atoms with Gasteiger partial charge in [-0.2, -0.15) is 11.8 Å². The third-order valence-electron chi connectivity index (χ3n) is 6.20. The first-order chi connectivity index (χ1) is 16.5. The smallest absolute Gasteiger partial charge is 0.407 e. The lowest BCUT2D eigenvalue weighted by Crippen LogP contribution is -2.53. The summed E-state index contributed by atoms with van der Waals surface area (Å²) in [5.74, 6) is 0.00387. The third kappa shape index (κ3) is 5.36. The Morgan fingerprint density at radius 3 is 2.41 bits per heavy atom. The predicted octanol–water partition coefficient (Wildman–Crippen LogP) is 3.68. The van der Waals surface area contributed by atoms with Crippen LogP contribution in [0.15, 0.2) is 48.5 Å². The molecule has 34 heavy (non-hydrogen) atoms. The summed E-state index contributed by atoms with van der Waals surface area (Å²) in [4.78, 5) is 38.8. The van der Waals surface area contributed by atoms with Crippen molar-refractivity contribution in [3.8, 4) is 11.1 Å². The fraction of sp³-hybridized carbons (Fsp3) is 0.400. The number of thioether (sulfide) groups is 2. The Morgan fingerprint density at radius 1 is 1.15 bits per heavy atom. The van der Waals surface area contributed by atoms with Crippen molar-refractivity contribution < 1.29 is 24.2 Å². The lowest BCUT2D eigenvalue weighted by atomic mass is 9.98. The number of carbonyl (C=O) groups is 3. The second-order valence-corrected chi connectivity index (χ2v) is 10.6. The number of amides is 2. The van der Waals surface area contributed by atoms with Crippen molar-refractivity contribution in [2.75, 3.05) is 37.5 Å². The van der Waals surface area contributed by atoms with Gasteiger partial charge in [0.15, 0.2) is 0 Å². The standard InChI is InChI=1S/C25H28N2O5S2/c1-33-12-10-21(23(28)27-11-13-34-22(14-27)24(29)30)26-25(31)32-15-20-18-8-4-2-6-16(18)17-7-3-5-9-19(17)20/h2-9,20-22H,10-15H2,1H3,(H,26,31)(H,29,30). The molecule has 0 radical (unpaired) electrons. The minimum atomic E-state index is -0.923. The molecule has 9 heteroatoms. The molecule has 1 heterocycles. The highest BCUT2D eigenvalue weighted by Gasteiger charge is 2.34. The Hall–Kier alpha value is -2.65. The molecule has 2 unspecified atom stereocenters. The lowest BCUT2D eigenvalue weighted by molar-refractivity contribution is -0.138. The molecule has 0 spiro atoms. The van der Waals surface area contributed by atoms with Crippen LogP contribution in [-0.2, 0) is 14.3 Å². The van der Waals surface area contributed by atoms with Gasteiger partial charge in [-0.3, -0.25) is 9.59 Å². The van der Waals surface area contributed by atoms with Gasteiger partial charge in [0.1, 0.15) is 17.9 Å². The number of carbonyl (C=O) groups excluding carboxylic acids is 2. The number of hydrogen-bond acceptors (Lipinski definition) is 6. The summed E-state index contributed by atoms with van der Waals surface area (Å²) in [6.07, 6.45) is 1.75. The van der Waals surface area contributed by atoms with Gasteiger partial charge in [-0.1, -0.05) is 48.5 Å². The number of carboxylic acid groups (broad SMARTS) is 1. The molecular formula is C25H28N2O5S2. The third-order valence-corrected chi connectivity index (χ3v) is 8.01. The van der Waals surface area contributed by atoms with Crippen molar-refractivity contribution in [3.63, 3.8) is 0 Å². The maximum Gasteiger partial charge on any atom is 0.407 e. The number of alkyl carbamates (subject to hydrolysis) is 1. The number of rotatable bonds is 8. The van der Waals surface area contributed by atoms with Crippen LogP contribution in [0.2, 0.25) is 0 Å². The first-order valence-electron chi connectivity index (χ1n) is 11.2. The second-order valence-electron chi connectivity index (χ2n) is 8.29. The Bertz CT molecular complexity index is 1020. The zero-order chi connectivity index (χ0) is 24.1. The Kier molecular flexibility index (Phi) is 8.05. The quantitative estimate of drug-likeness (QED) is 0.571. The fourth-order valence-electron chi connectivity index (χ4n) is 4.49. The van der Waals surface area contributed by atoms with Crippen LogP contribution >= 0.6 is 23.5 Å². The molecular weight excluding hydrogens is 472 g/mol. The maximum absolute atomic E-state index is 13.1. The van der Waals surface area contributed by atoms with E-state index in [1.54, 1.807) is 16.7 Å². The van der Waals surface area contributed by atoms with Gasteiger partial charge < -0.3 is 20.1 Å². The van der Waals surface area contributed by atoms with Crippen LogP contribution < -0.4 is 5.32 Å². The van der Waals surface area contributed by atoms with Crippen molar-refractivity contribution in [2.24, 2.45) is 0 Å². The monoisotopic (exact) mass is 500 g/mol. The minimum Gasteiger partial charge on any atom is -0.480 e. The molecule has 2 aromatic rings. The van der Waals surface area contributed by atoms with E-state index in [1.807, 2.05) is 30.5 Å². The summed E-state index contributed by atoms with van der Waals surface area (Å²) in [7, 11) is 0. The molecule has 1 aliphatic carbocycles. The van der Waals surface area contributed by atoms with Gasteiger partial charge in [-0.05, 0) is 40.7 Å². The van der Waals surface area contributed by atoms with Crippen LogP contribution in [0.4, 0.5) is 4.79 Å². The van der Waals surface area contributed by atoms with Gasteiger partial charge in [-0.25, -0.2) is 4.79 Å². The normalized spacial score (nSPS) is 18.0. The Balaban J connectivity index is 1.41. The van der Waals surface area contributed by atoms with Gasteiger partial charge in [-0.15, -0.1) is 11.8 Å². The Morgan fingerprint density at radius 2 is 1.79 bits per heavy atom. The highest BCUT2D eigenvalue weighted by Crippen LogP contribution is 2.44. The van der Waals surface area contributed by atoms with Crippen LogP contribution in [0.5, 0.6) is 0 Å². The van der Waals surface area contributed by atoms with Gasteiger partial charge in [0, 0.05) is 24.8 Å². The Labute approximate surface area is 207 Å². The van der Waals surface area contributed by atoms with Crippen molar-refractivity contribution in [2.45, 2.75) is 23.6 Å². The summed E-state index contributed by atoms with van der Waals surface area (Å²) in [6, 6.07) is 15.5. The van der Waals surface area contributed by atoms with E-state index >= 15 is 0 Å². The largest absolute Gasteiger partial charge is 0.480 e. The number of benzene rings is 2. The van der Waals surface area contributed by atoms with Crippen molar-refractivity contribution >= 4 is 41.5 Å². The molecule has 2 atom stereocenters. The van der Waals surface area contributed by atoms with Crippen LogP contribution in [0.1, 0.15) is 23.5 Å². The van der Waals surface area contributed by atoms with E-state index in [2.05, 4.69) is 29.6 Å². The number of fused-ring (bicyclic) bond motifs is 3. The van der Waals surface area contributed by atoms with E-state index in [1.165, 1.54) is 11.8 Å². The number of nitrogens with zero attached hydrogens (tertiary/aromatic N) is 1. The number of aliphatic carboxylic acids is 1. The molecule has 2 aliphatic rings. The first-order valence-corrected chi connectivity index (χ1v) is 13.7. The second kappa shape index (κ2) is 11.2. The van der Waals surface area contributed by atoms with Crippen LogP contribution in [0.3, 0.4) is 0 Å². The van der Waals surface area contributed by atoms with E-state index in [0.29, 0.717) is 24.5 Å². The van der Waals surface area contributed by atoms with Gasteiger partial charge in [0.05, 0.1) is 0 Å². The SMILES string of the molecule is CSCCC(NC(=O)OCC1c2ccccc2-c2ccccc21)C(=O)N1CCSC(C(=O)O)C1. The molecule has 2 N–H and O–H groups in total. The van der Waals surface area contributed by atoms with Crippen molar-refractivity contribution in [1.29, 1.82) is 0 Å². The number of hydrogen-bond donors (Lipinski definition) is 2. The summed E-state index contributed by atoms with van der Waals surface area (Å²) in [6.45, 7) is 0.779. The van der Waals surface area contributed by atoms with Crippen molar-refractivity contribution in [1.82, 2.24) is 10.2 Å². The molecule has 2 aromatic carbocycles. The van der Waals surface area contributed by atoms with Gasteiger partial charge >= 0.3 is 12.1 Å². The average molecular weight is 501 g/mol. The summed E-state index contributed by atoms with van der Waals surface area (Å²) < 4.78 is 5.62. The van der Waals surface area contributed by atoms with E-state index in [9.17, 15) is 19.5 Å². The topological polar surface area (TPSA) is 95.9 Å². The summed E-state index contributed by atoms with van der Waals surface area (Å²) >= 11 is 2.92. The van der Waals surface area contributed by atoms with E-state index in [4.69, 9.17) is 4.74 Å². The molecule has 0 aromatic heterocycles. The molecule has 2 amide bonds. The number of ether oxygens (including phenoxy) is 1. The number of nitrogens with one attached hydrogen (secondary N) is 1. The summed E-state index contributed by atoms with van der Waals surface area (Å²) in [5.41, 5.74) is 4.54. The zero-order valence-electron chi connectivity index (χ0n) is 18.9. The highest BCUT2D eigenvalue weighted by atomic mass is 32.2. The van der Waals surface area contributed by atoms with Gasteiger partial charge in [0.2, 0.25) is 5.91 Å². The average Bonchev–Trinajstić information content (AvgIpc) is 3.18. The molecule has 7 nitrogen and oxygen atoms in total. The molecule has 1 aliphatic heterocycles. The van der Waals surface area contributed by atoms with E-state index in [-0.39, 0.29) is 25.0 Å². The maximum atomic E-state index is 13.1. The molecule has 180 valence electrons. The highest BCUT2D eigenvalue weighted by molar-refractivity contribution is 8.00. The number of carboxylic acids is 1. The molecule has 0 bridgehead atoms. The summed E-state index contributed by atoms with van der Waals surface area (Å²) in [5, 5.41) is 11.4. The van der Waals surface area contributed by atoms with Gasteiger partial charge in [0.25, 0.3) is 0 Å². The molecule has 0 saturated carbocycles. The first kappa shape index (κ1) is 24.5. The van der Waals surface area contributed by atoms with Crippen LogP contribution in [0.25, 0.3) is 11.1 Å². The zero-order valence-corrected chi connectivity index (χ0v) is 20.6. The van der Waals surface area contributed by atoms with E-state index in [0.717, 1.165) is 22.3 Å². The van der Waals surface area contributed by atoms with Crippen LogP contribution in [-0.4, -0.2) is 76.7 Å². The lowest BCUT2D eigenvalue weighted by Gasteiger charge is -2.33. The molecule has 4 rings (SSSR count). The molecule has 1 fully saturated rings.